The van der Waals surface area contributed by atoms with Crippen molar-refractivity contribution in [2.45, 2.75) is 50.8 Å². The normalized spacial score (nSPS) is 30.6. The van der Waals surface area contributed by atoms with Crippen LogP contribution in [0.25, 0.3) is 0 Å². The molecule has 2 aliphatic rings. The number of aryl methyl sites for hydroxylation is 1. The molecule has 0 aromatic heterocycles. The molecule has 1 aliphatic heterocycles. The number of nitrogens with two attached hydrogens (primary N) is 1. The molecule has 0 saturated carbocycles. The van der Waals surface area contributed by atoms with Crippen molar-refractivity contribution in [3.63, 3.8) is 0 Å². The highest BCUT2D eigenvalue weighted by molar-refractivity contribution is 5.32. The quantitative estimate of drug-likeness (QED) is 0.800. The van der Waals surface area contributed by atoms with Crippen molar-refractivity contribution < 1.29 is 4.74 Å². The smallest absolute Gasteiger partial charge is 0.0753 e. The van der Waals surface area contributed by atoms with E-state index in [1.165, 1.54) is 24.0 Å². The van der Waals surface area contributed by atoms with Gasteiger partial charge in [0.1, 0.15) is 0 Å². The molecule has 1 saturated heterocycles. The van der Waals surface area contributed by atoms with Gasteiger partial charge in [0.25, 0.3) is 0 Å². The lowest BCUT2D eigenvalue weighted by molar-refractivity contribution is -0.100. The van der Waals surface area contributed by atoms with E-state index in [2.05, 4.69) is 43.0 Å². The first-order valence-corrected chi connectivity index (χ1v) is 7.78. The predicted molar refractivity (Wildman–Crippen MR) is 81.7 cm³/mol. The standard InChI is InChI=1S/C17H26N2O/c1-17(2)12-19(10-11-20-17)15-9-5-7-13-6-3-4-8-14(13)16(15)18/h3-4,6,8,15-16H,5,7,9-12,18H2,1-2H3. The maximum atomic E-state index is 6.63. The minimum absolute atomic E-state index is 0.0518. The molecule has 110 valence electrons. The molecular weight excluding hydrogens is 248 g/mol. The summed E-state index contributed by atoms with van der Waals surface area (Å²) in [5.41, 5.74) is 9.36. The molecule has 2 N–H and O–H groups in total. The van der Waals surface area contributed by atoms with Gasteiger partial charge in [-0.15, -0.1) is 0 Å². The molecule has 1 heterocycles. The van der Waals surface area contributed by atoms with Crippen LogP contribution in [-0.4, -0.2) is 36.2 Å². The Balaban J connectivity index is 1.83. The van der Waals surface area contributed by atoms with Gasteiger partial charge in [-0.1, -0.05) is 24.3 Å². The van der Waals surface area contributed by atoms with Crippen LogP contribution in [-0.2, 0) is 11.2 Å². The highest BCUT2D eigenvalue weighted by Crippen LogP contribution is 2.32. The van der Waals surface area contributed by atoms with E-state index in [9.17, 15) is 0 Å². The van der Waals surface area contributed by atoms with Gasteiger partial charge in [0.15, 0.2) is 0 Å². The summed E-state index contributed by atoms with van der Waals surface area (Å²) in [5, 5.41) is 0. The van der Waals surface area contributed by atoms with E-state index >= 15 is 0 Å². The average Bonchev–Trinajstić information content (AvgIpc) is 2.58. The van der Waals surface area contributed by atoms with E-state index < -0.39 is 0 Å². The third-order valence-electron chi connectivity index (χ3n) is 4.70. The molecule has 0 spiro atoms. The lowest BCUT2D eigenvalue weighted by Crippen LogP contribution is -2.54. The van der Waals surface area contributed by atoms with Crippen LogP contribution in [0.1, 0.15) is 43.9 Å². The number of nitrogens with zero attached hydrogens (tertiary/aromatic N) is 1. The van der Waals surface area contributed by atoms with E-state index in [1.807, 2.05) is 0 Å². The second-order valence-corrected chi connectivity index (χ2v) is 6.76. The second kappa shape index (κ2) is 5.47. The Labute approximate surface area is 122 Å². The van der Waals surface area contributed by atoms with Gasteiger partial charge in [0, 0.05) is 25.2 Å². The Morgan fingerprint density at radius 2 is 2.10 bits per heavy atom. The van der Waals surface area contributed by atoms with Crippen molar-refractivity contribution in [2.75, 3.05) is 19.7 Å². The molecular formula is C17H26N2O. The summed E-state index contributed by atoms with van der Waals surface area (Å²) in [6, 6.07) is 9.27. The van der Waals surface area contributed by atoms with Gasteiger partial charge in [-0.05, 0) is 44.2 Å². The van der Waals surface area contributed by atoms with Crippen LogP contribution < -0.4 is 5.73 Å². The number of fused-ring (bicyclic) bond motifs is 1. The van der Waals surface area contributed by atoms with E-state index in [0.29, 0.717) is 6.04 Å². The maximum absolute atomic E-state index is 6.63. The molecule has 0 bridgehead atoms. The molecule has 1 aliphatic carbocycles. The lowest BCUT2D eigenvalue weighted by Gasteiger charge is -2.43. The minimum Gasteiger partial charge on any atom is -0.373 e. The minimum atomic E-state index is -0.0518. The number of hydrogen-bond donors (Lipinski definition) is 1. The van der Waals surface area contributed by atoms with E-state index in [-0.39, 0.29) is 11.6 Å². The van der Waals surface area contributed by atoms with Crippen molar-refractivity contribution in [3.05, 3.63) is 35.4 Å². The van der Waals surface area contributed by atoms with Crippen LogP contribution in [0.4, 0.5) is 0 Å². The SMILES string of the molecule is CC1(C)CN(C2CCCc3ccccc3C2N)CCO1. The summed E-state index contributed by atoms with van der Waals surface area (Å²) in [6.45, 7) is 7.15. The Bertz CT molecular complexity index is 472. The topological polar surface area (TPSA) is 38.5 Å². The third-order valence-corrected chi connectivity index (χ3v) is 4.70. The van der Waals surface area contributed by atoms with Crippen molar-refractivity contribution in [2.24, 2.45) is 5.73 Å². The molecule has 3 heteroatoms. The van der Waals surface area contributed by atoms with Crippen LogP contribution in [0.5, 0.6) is 0 Å². The fourth-order valence-corrected chi connectivity index (χ4v) is 3.72. The van der Waals surface area contributed by atoms with Crippen LogP contribution in [0.15, 0.2) is 24.3 Å². The zero-order valence-corrected chi connectivity index (χ0v) is 12.6. The molecule has 1 aromatic rings. The Morgan fingerprint density at radius 3 is 2.90 bits per heavy atom. The molecule has 2 atom stereocenters. The summed E-state index contributed by atoms with van der Waals surface area (Å²) < 4.78 is 5.84. The number of hydrogen-bond acceptors (Lipinski definition) is 3. The average molecular weight is 274 g/mol. The summed E-state index contributed by atoms with van der Waals surface area (Å²) in [7, 11) is 0. The fraction of sp³-hybridized carbons (Fsp3) is 0.647. The van der Waals surface area contributed by atoms with Gasteiger partial charge in [0.05, 0.1) is 12.2 Å². The molecule has 1 fully saturated rings. The summed E-state index contributed by atoms with van der Waals surface area (Å²) in [6.07, 6.45) is 3.58. The highest BCUT2D eigenvalue weighted by Gasteiger charge is 2.35. The second-order valence-electron chi connectivity index (χ2n) is 6.76. The van der Waals surface area contributed by atoms with E-state index in [0.717, 1.165) is 26.1 Å². The predicted octanol–water partition coefficient (Wildman–Crippen LogP) is 2.50. The lowest BCUT2D eigenvalue weighted by atomic mass is 9.94. The van der Waals surface area contributed by atoms with Gasteiger partial charge in [0.2, 0.25) is 0 Å². The van der Waals surface area contributed by atoms with Crippen LogP contribution in [0.3, 0.4) is 0 Å². The molecule has 20 heavy (non-hydrogen) atoms. The van der Waals surface area contributed by atoms with Crippen LogP contribution in [0.2, 0.25) is 0 Å². The highest BCUT2D eigenvalue weighted by atomic mass is 16.5. The Hall–Kier alpha value is -0.900. The summed E-state index contributed by atoms with van der Waals surface area (Å²) >= 11 is 0. The summed E-state index contributed by atoms with van der Waals surface area (Å²) in [5.74, 6) is 0. The van der Waals surface area contributed by atoms with Crippen molar-refractivity contribution in [3.8, 4) is 0 Å². The first-order valence-electron chi connectivity index (χ1n) is 7.78. The van der Waals surface area contributed by atoms with Gasteiger partial charge >= 0.3 is 0 Å². The fourth-order valence-electron chi connectivity index (χ4n) is 3.72. The number of benzene rings is 1. The largest absolute Gasteiger partial charge is 0.373 e. The van der Waals surface area contributed by atoms with Gasteiger partial charge < -0.3 is 10.5 Å². The first kappa shape index (κ1) is 14.1. The van der Waals surface area contributed by atoms with Gasteiger partial charge in [-0.3, -0.25) is 4.90 Å². The van der Waals surface area contributed by atoms with Crippen molar-refractivity contribution in [1.82, 2.24) is 4.90 Å². The zero-order chi connectivity index (χ0) is 14.2. The molecule has 0 amide bonds. The monoisotopic (exact) mass is 274 g/mol. The Kier molecular flexibility index (Phi) is 3.85. The first-order chi connectivity index (χ1) is 9.57. The van der Waals surface area contributed by atoms with Crippen molar-refractivity contribution in [1.29, 1.82) is 0 Å². The van der Waals surface area contributed by atoms with Gasteiger partial charge in [-0.2, -0.15) is 0 Å². The third kappa shape index (κ3) is 2.76. The van der Waals surface area contributed by atoms with Crippen molar-refractivity contribution >= 4 is 0 Å². The van der Waals surface area contributed by atoms with E-state index in [4.69, 9.17) is 10.5 Å². The zero-order valence-electron chi connectivity index (χ0n) is 12.6. The number of ether oxygens (including phenoxy) is 1. The molecule has 3 nitrogen and oxygen atoms in total. The molecule has 3 rings (SSSR count). The number of morpholine rings is 1. The maximum Gasteiger partial charge on any atom is 0.0753 e. The molecule has 0 radical (unpaired) electrons. The van der Waals surface area contributed by atoms with Crippen LogP contribution >= 0.6 is 0 Å². The van der Waals surface area contributed by atoms with Crippen LogP contribution in [0, 0.1) is 0 Å². The molecule has 2 unspecified atom stereocenters. The Morgan fingerprint density at radius 1 is 1.30 bits per heavy atom. The van der Waals surface area contributed by atoms with Gasteiger partial charge in [-0.25, -0.2) is 0 Å². The van der Waals surface area contributed by atoms with E-state index in [1.54, 1.807) is 0 Å². The molecule has 1 aromatic carbocycles. The summed E-state index contributed by atoms with van der Waals surface area (Å²) in [4.78, 5) is 2.55. The number of rotatable bonds is 1.